The second kappa shape index (κ2) is 8.60. The number of hydrogen-bond donors (Lipinski definition) is 1. The Bertz CT molecular complexity index is 868. The molecule has 34 heavy (non-hydrogen) atoms. The number of nitrogens with zero attached hydrogens (tertiary/aromatic N) is 3. The molecule has 1 amide bonds. The summed E-state index contributed by atoms with van der Waals surface area (Å²) in [5.41, 5.74) is -0.176. The second-order valence-corrected chi connectivity index (χ2v) is 10.7. The van der Waals surface area contributed by atoms with Gasteiger partial charge in [0.25, 0.3) is 0 Å². The van der Waals surface area contributed by atoms with E-state index in [0.717, 1.165) is 38.8 Å². The molecular weight excluding hydrogens is 444 g/mol. The van der Waals surface area contributed by atoms with Crippen molar-refractivity contribution in [1.82, 2.24) is 15.1 Å². The Hall–Kier alpha value is -1.97. The normalized spacial score (nSPS) is 38.5. The molecule has 0 unspecified atom stereocenters. The summed E-state index contributed by atoms with van der Waals surface area (Å²) in [5, 5.41) is 12.7. The van der Waals surface area contributed by atoms with Gasteiger partial charge in [0.05, 0.1) is 25.8 Å². The van der Waals surface area contributed by atoms with Crippen LogP contribution in [0.15, 0.2) is 0 Å². The third-order valence-corrected chi connectivity index (χ3v) is 7.69. The molecule has 5 atom stereocenters. The largest absolute Gasteiger partial charge is 0.509 e. The number of amides is 1. The average Bonchev–Trinajstić information content (AvgIpc) is 3.48. The van der Waals surface area contributed by atoms with Gasteiger partial charge in [-0.3, -0.25) is 9.69 Å². The number of rotatable bonds is 5. The average molecular weight is 479 g/mol. The van der Waals surface area contributed by atoms with Crippen molar-refractivity contribution in [2.75, 3.05) is 39.3 Å². The smallest absolute Gasteiger partial charge is 0.424 e. The third kappa shape index (κ3) is 4.38. The van der Waals surface area contributed by atoms with Crippen molar-refractivity contribution >= 4 is 12.1 Å². The highest BCUT2D eigenvalue weighted by atomic mass is 16.9. The summed E-state index contributed by atoms with van der Waals surface area (Å²) in [6.45, 7) is 8.94. The van der Waals surface area contributed by atoms with Crippen LogP contribution in [0.1, 0.15) is 46.5 Å². The number of nitriles is 1. The van der Waals surface area contributed by atoms with E-state index in [4.69, 9.17) is 23.7 Å². The molecule has 0 aromatic carbocycles. The quantitative estimate of drug-likeness (QED) is 0.566. The molecule has 0 spiro atoms. The Labute approximate surface area is 199 Å². The standard InChI is InChI=1S/C23H34N4O7/c1-21(2)33-19-18-16(31-20(29)32-18)13-30-23(19,34-21)14-26-9-6-22(3,7-10-26)25-12-17(28)27-8-4-5-15(27)11-24/h15-16,18-19,25H,4-10,12-14H2,1-3H3/t15-,16+,18+,19-,23-/m0/s1. The van der Waals surface area contributed by atoms with Crippen molar-refractivity contribution in [2.24, 2.45) is 0 Å². The lowest BCUT2D eigenvalue weighted by Gasteiger charge is -2.46. The number of fused-ring (bicyclic) bond motifs is 3. The highest BCUT2D eigenvalue weighted by Gasteiger charge is 2.65. The molecule has 11 nitrogen and oxygen atoms in total. The van der Waals surface area contributed by atoms with Gasteiger partial charge in [0, 0.05) is 25.2 Å². The first-order valence-electron chi connectivity index (χ1n) is 12.2. The molecule has 5 aliphatic heterocycles. The highest BCUT2D eigenvalue weighted by molar-refractivity contribution is 5.79. The van der Waals surface area contributed by atoms with Crippen LogP contribution in [0.2, 0.25) is 0 Å². The molecule has 0 aromatic heterocycles. The van der Waals surface area contributed by atoms with Gasteiger partial charge < -0.3 is 33.9 Å². The Morgan fingerprint density at radius 1 is 1.21 bits per heavy atom. The Balaban J connectivity index is 1.17. The minimum atomic E-state index is -1.04. The molecule has 0 aromatic rings. The number of likely N-dealkylation sites (tertiary alicyclic amines) is 2. The lowest BCUT2D eigenvalue weighted by atomic mass is 9.88. The number of hydrogen-bond acceptors (Lipinski definition) is 10. The van der Waals surface area contributed by atoms with Crippen LogP contribution in [0.5, 0.6) is 0 Å². The van der Waals surface area contributed by atoms with Gasteiger partial charge >= 0.3 is 6.16 Å². The van der Waals surface area contributed by atoms with Crippen molar-refractivity contribution in [3.8, 4) is 6.07 Å². The van der Waals surface area contributed by atoms with E-state index in [2.05, 4.69) is 23.2 Å². The van der Waals surface area contributed by atoms with Crippen molar-refractivity contribution in [1.29, 1.82) is 5.26 Å². The molecule has 0 aliphatic carbocycles. The molecule has 5 rings (SSSR count). The van der Waals surface area contributed by atoms with E-state index >= 15 is 0 Å². The highest BCUT2D eigenvalue weighted by Crippen LogP contribution is 2.46. The van der Waals surface area contributed by atoms with Crippen molar-refractivity contribution in [3.63, 3.8) is 0 Å². The van der Waals surface area contributed by atoms with E-state index in [-0.39, 0.29) is 30.6 Å². The van der Waals surface area contributed by atoms with Crippen LogP contribution in [-0.2, 0) is 28.5 Å². The van der Waals surface area contributed by atoms with Gasteiger partial charge in [-0.1, -0.05) is 0 Å². The van der Waals surface area contributed by atoms with Gasteiger partial charge in [0.15, 0.2) is 24.1 Å². The molecule has 5 saturated heterocycles. The molecule has 5 aliphatic rings. The molecule has 0 bridgehead atoms. The van der Waals surface area contributed by atoms with Gasteiger partial charge in [0.2, 0.25) is 11.7 Å². The van der Waals surface area contributed by atoms with Gasteiger partial charge in [-0.15, -0.1) is 0 Å². The summed E-state index contributed by atoms with van der Waals surface area (Å²) in [6, 6.07) is 1.93. The summed E-state index contributed by atoms with van der Waals surface area (Å²) in [7, 11) is 0. The second-order valence-electron chi connectivity index (χ2n) is 10.7. The van der Waals surface area contributed by atoms with E-state index in [0.29, 0.717) is 13.1 Å². The molecule has 0 saturated carbocycles. The van der Waals surface area contributed by atoms with E-state index in [1.165, 1.54) is 0 Å². The van der Waals surface area contributed by atoms with Gasteiger partial charge in [-0.2, -0.15) is 5.26 Å². The lowest BCUT2D eigenvalue weighted by molar-refractivity contribution is -0.287. The number of piperidine rings is 1. The number of ether oxygens (including phenoxy) is 5. The van der Waals surface area contributed by atoms with Crippen LogP contribution in [0.25, 0.3) is 0 Å². The number of carbonyl (C=O) groups is 2. The maximum Gasteiger partial charge on any atom is 0.509 e. The van der Waals surface area contributed by atoms with Gasteiger partial charge in [0.1, 0.15) is 6.04 Å². The maximum absolute atomic E-state index is 12.6. The lowest BCUT2D eigenvalue weighted by Crippen LogP contribution is -2.64. The van der Waals surface area contributed by atoms with Gasteiger partial charge in [-0.25, -0.2) is 4.79 Å². The zero-order chi connectivity index (χ0) is 24.1. The van der Waals surface area contributed by atoms with Crippen LogP contribution in [-0.4, -0.2) is 103 Å². The summed E-state index contributed by atoms with van der Waals surface area (Å²) in [5.74, 6) is -1.93. The Kier molecular flexibility index (Phi) is 6.01. The first-order chi connectivity index (χ1) is 16.1. The van der Waals surface area contributed by atoms with E-state index in [1.54, 1.807) is 4.90 Å². The third-order valence-electron chi connectivity index (χ3n) is 7.69. The van der Waals surface area contributed by atoms with E-state index in [1.807, 2.05) is 13.8 Å². The van der Waals surface area contributed by atoms with Crippen molar-refractivity contribution in [3.05, 3.63) is 0 Å². The van der Waals surface area contributed by atoms with Crippen LogP contribution < -0.4 is 5.32 Å². The molecular formula is C23H34N4O7. The first kappa shape index (κ1) is 23.8. The number of nitrogens with one attached hydrogen (secondary N) is 1. The zero-order valence-corrected chi connectivity index (χ0v) is 20.1. The van der Waals surface area contributed by atoms with Gasteiger partial charge in [-0.05, 0) is 46.5 Å². The topological polar surface area (TPSA) is 123 Å². The van der Waals surface area contributed by atoms with E-state index < -0.39 is 36.0 Å². The fourth-order valence-electron chi connectivity index (χ4n) is 5.79. The fraction of sp³-hybridized carbons (Fsp3) is 0.870. The SMILES string of the molecule is CC1(NCC(=O)N2CCC[C@H]2C#N)CCN(C[C@@]23OC[C@H]4OC(=O)O[C@H]4[C@@H]2OC(C)(C)O3)CC1. The Morgan fingerprint density at radius 3 is 2.71 bits per heavy atom. The fourth-order valence-corrected chi connectivity index (χ4v) is 5.79. The van der Waals surface area contributed by atoms with E-state index in [9.17, 15) is 14.9 Å². The number of carbonyl (C=O) groups excluding carboxylic acids is 2. The predicted molar refractivity (Wildman–Crippen MR) is 116 cm³/mol. The van der Waals surface area contributed by atoms with Crippen LogP contribution in [0.3, 0.4) is 0 Å². The summed E-state index contributed by atoms with van der Waals surface area (Å²) < 4.78 is 29.2. The summed E-state index contributed by atoms with van der Waals surface area (Å²) in [6.07, 6.45) is 0.997. The minimum Gasteiger partial charge on any atom is -0.424 e. The summed E-state index contributed by atoms with van der Waals surface area (Å²) >= 11 is 0. The minimum absolute atomic E-state index is 0.00772. The van der Waals surface area contributed by atoms with Crippen LogP contribution in [0, 0.1) is 11.3 Å². The Morgan fingerprint density at radius 2 is 1.97 bits per heavy atom. The monoisotopic (exact) mass is 478 g/mol. The predicted octanol–water partition coefficient (Wildman–Crippen LogP) is 0.727. The molecule has 5 fully saturated rings. The van der Waals surface area contributed by atoms with Crippen LogP contribution in [0.4, 0.5) is 4.79 Å². The van der Waals surface area contributed by atoms with Crippen molar-refractivity contribution in [2.45, 2.75) is 87.9 Å². The first-order valence-corrected chi connectivity index (χ1v) is 12.2. The summed E-state index contributed by atoms with van der Waals surface area (Å²) in [4.78, 5) is 28.3. The maximum atomic E-state index is 12.6. The molecule has 11 heteroatoms. The molecule has 0 radical (unpaired) electrons. The zero-order valence-electron chi connectivity index (χ0n) is 20.1. The molecule has 188 valence electrons. The van der Waals surface area contributed by atoms with Crippen molar-refractivity contribution < 1.29 is 33.3 Å². The van der Waals surface area contributed by atoms with Crippen LogP contribution >= 0.6 is 0 Å². The molecule has 1 N–H and O–H groups in total. The molecule has 5 heterocycles.